The third-order valence-electron chi connectivity index (χ3n) is 5.73. The normalized spacial score (nSPS) is 14.1. The molecule has 7 heteroatoms. The maximum Gasteiger partial charge on any atom is 0.338 e. The number of aryl methyl sites for hydroxylation is 1. The summed E-state index contributed by atoms with van der Waals surface area (Å²) in [6, 6.07) is 18.0. The second-order valence-electron chi connectivity index (χ2n) is 7.80. The van der Waals surface area contributed by atoms with Crippen molar-refractivity contribution in [2.45, 2.75) is 13.5 Å². The van der Waals surface area contributed by atoms with Crippen molar-refractivity contribution in [3.8, 4) is 5.75 Å². The van der Waals surface area contributed by atoms with Crippen LogP contribution in [0.5, 0.6) is 5.75 Å². The van der Waals surface area contributed by atoms with Gasteiger partial charge in [-0.2, -0.15) is 16.7 Å². The van der Waals surface area contributed by atoms with E-state index in [1.807, 2.05) is 78.8 Å². The summed E-state index contributed by atoms with van der Waals surface area (Å²) in [7, 11) is 1.94. The van der Waals surface area contributed by atoms with Gasteiger partial charge in [-0.15, -0.1) is 0 Å². The summed E-state index contributed by atoms with van der Waals surface area (Å²) in [6.45, 7) is 2.93. The number of hydrogen-bond acceptors (Lipinski definition) is 5. The maximum atomic E-state index is 11.4. The van der Waals surface area contributed by atoms with E-state index in [1.54, 1.807) is 6.08 Å². The topological polar surface area (TPSA) is 83.1 Å². The van der Waals surface area contributed by atoms with Crippen molar-refractivity contribution in [2.75, 3.05) is 11.9 Å². The highest BCUT2D eigenvalue weighted by atomic mass is 17.1. The molecule has 0 saturated heterocycles. The number of anilines is 1. The number of pyridine rings is 1. The number of benzene rings is 2. The van der Waals surface area contributed by atoms with Crippen molar-refractivity contribution in [1.29, 1.82) is 0 Å². The van der Waals surface area contributed by atoms with Crippen LogP contribution in [0.15, 0.2) is 103 Å². The lowest BCUT2D eigenvalue weighted by molar-refractivity contribution is -0.667. The number of ether oxygens (including phenoxy) is 1. The first-order valence-electron chi connectivity index (χ1n) is 11.1. The van der Waals surface area contributed by atoms with Gasteiger partial charge < -0.3 is 19.6 Å². The molecule has 0 spiro atoms. The Morgan fingerprint density at radius 2 is 1.91 bits per heavy atom. The summed E-state index contributed by atoms with van der Waals surface area (Å²) >= 11 is 0. The van der Waals surface area contributed by atoms with Crippen LogP contribution in [0, 0.1) is 6.23 Å². The van der Waals surface area contributed by atoms with E-state index in [0.717, 1.165) is 46.3 Å². The molecule has 2 N–H and O–H groups in total. The Labute approximate surface area is 203 Å². The number of aliphatic carboxylic acids is 1. The quantitative estimate of drug-likeness (QED) is 0.0905. The van der Waals surface area contributed by atoms with E-state index in [1.165, 1.54) is 6.08 Å². The molecule has 178 valence electrons. The lowest BCUT2D eigenvalue weighted by Crippen LogP contribution is -2.32. The van der Waals surface area contributed by atoms with E-state index in [4.69, 9.17) is 9.99 Å². The molecule has 3 aromatic rings. The molecule has 0 bridgehead atoms. The fourth-order valence-corrected chi connectivity index (χ4v) is 3.95. The Hall–Kier alpha value is -4.49. The van der Waals surface area contributed by atoms with Crippen molar-refractivity contribution in [3.63, 3.8) is 0 Å². The molecule has 1 aliphatic heterocycles. The van der Waals surface area contributed by atoms with Crippen LogP contribution >= 0.6 is 0 Å². The Kier molecular flexibility index (Phi) is 7.18. The molecular formula is C28H26N2O5. The van der Waals surface area contributed by atoms with E-state index < -0.39 is 5.97 Å². The summed E-state index contributed by atoms with van der Waals surface area (Å²) in [4.78, 5) is 17.2. The fourth-order valence-electron chi connectivity index (χ4n) is 3.95. The number of carbonyl (C=O) groups is 1. The number of fused-ring (bicyclic) bond motifs is 2. The third kappa shape index (κ3) is 5.05. The Morgan fingerprint density at radius 3 is 2.66 bits per heavy atom. The summed E-state index contributed by atoms with van der Waals surface area (Å²) in [5, 5.41) is 19.0. The molecule has 0 amide bonds. The van der Waals surface area contributed by atoms with Crippen molar-refractivity contribution in [2.24, 2.45) is 0 Å². The molecule has 7 nitrogen and oxygen atoms in total. The Morgan fingerprint density at radius 1 is 1.14 bits per heavy atom. The second-order valence-corrected chi connectivity index (χ2v) is 7.80. The molecule has 1 aliphatic rings. The van der Waals surface area contributed by atoms with Crippen LogP contribution in [0.4, 0.5) is 5.69 Å². The molecule has 2 aromatic carbocycles. The van der Waals surface area contributed by atoms with Crippen LogP contribution in [0.2, 0.25) is 0 Å². The van der Waals surface area contributed by atoms with Crippen molar-refractivity contribution < 1.29 is 29.3 Å². The zero-order valence-corrected chi connectivity index (χ0v) is 19.5. The van der Waals surface area contributed by atoms with Crippen LogP contribution in [0.3, 0.4) is 0 Å². The molecule has 2 heterocycles. The molecule has 0 atom stereocenters. The fraction of sp³-hybridized carbons (Fsp3) is 0.107. The average molecular weight is 471 g/mol. The molecule has 0 fully saturated rings. The number of carboxylic acids is 1. The highest BCUT2D eigenvalue weighted by molar-refractivity contribution is 5.93. The average Bonchev–Trinajstić information content (AvgIpc) is 3.20. The predicted molar refractivity (Wildman–Crippen MR) is 134 cm³/mol. The minimum absolute atomic E-state index is 0.197. The number of para-hydroxylation sites is 3. The predicted octanol–water partition coefficient (Wildman–Crippen LogP) is 5.12. The van der Waals surface area contributed by atoms with Gasteiger partial charge >= 0.3 is 5.97 Å². The second kappa shape index (κ2) is 10.6. The van der Waals surface area contributed by atoms with Crippen molar-refractivity contribution in [3.05, 3.63) is 115 Å². The summed E-state index contributed by atoms with van der Waals surface area (Å²) in [5.74, 6) is -0.432. The van der Waals surface area contributed by atoms with Gasteiger partial charge in [0.05, 0.1) is 16.6 Å². The zero-order chi connectivity index (χ0) is 24.8. The van der Waals surface area contributed by atoms with E-state index in [2.05, 4.69) is 28.5 Å². The smallest absolute Gasteiger partial charge is 0.338 e. The SMILES string of the molecule is CC[n+]1ccc(C(=C\C=C\C(=C\OO)C(=O)O)/C=C/[C-]2Oc3ccccc3N2C)c2ccccc21. The molecule has 4 rings (SSSR count). The van der Waals surface area contributed by atoms with Gasteiger partial charge in [0, 0.05) is 18.4 Å². The third-order valence-corrected chi connectivity index (χ3v) is 5.73. The van der Waals surface area contributed by atoms with Crippen molar-refractivity contribution >= 4 is 28.1 Å². The Balaban J connectivity index is 1.75. The summed E-state index contributed by atoms with van der Waals surface area (Å²) < 4.78 is 8.18. The first-order valence-corrected chi connectivity index (χ1v) is 11.1. The minimum atomic E-state index is -1.22. The van der Waals surface area contributed by atoms with E-state index in [9.17, 15) is 9.90 Å². The lowest BCUT2D eigenvalue weighted by atomic mass is 9.99. The van der Waals surface area contributed by atoms with Gasteiger partial charge in [0.15, 0.2) is 6.20 Å². The number of likely N-dealkylation sites (N-methyl/N-ethyl adjacent to an activating group) is 1. The number of aromatic nitrogens is 1. The summed E-state index contributed by atoms with van der Waals surface area (Å²) in [6.07, 6.45) is 12.1. The number of nitrogens with zero attached hydrogens (tertiary/aromatic N) is 2. The van der Waals surface area contributed by atoms with Crippen LogP contribution in [0.1, 0.15) is 12.5 Å². The molecule has 0 saturated carbocycles. The van der Waals surface area contributed by atoms with Crippen molar-refractivity contribution in [1.82, 2.24) is 0 Å². The highest BCUT2D eigenvalue weighted by Gasteiger charge is 2.19. The molecule has 0 unspecified atom stereocenters. The van der Waals surface area contributed by atoms with Gasteiger partial charge in [0.2, 0.25) is 5.52 Å². The van der Waals surface area contributed by atoms with Crippen LogP contribution in [0.25, 0.3) is 16.5 Å². The molecule has 0 radical (unpaired) electrons. The monoisotopic (exact) mass is 470 g/mol. The van der Waals surface area contributed by atoms with E-state index >= 15 is 0 Å². The van der Waals surface area contributed by atoms with Gasteiger partial charge in [-0.3, -0.25) is 0 Å². The number of rotatable bonds is 8. The number of hydrogen-bond donors (Lipinski definition) is 2. The van der Waals surface area contributed by atoms with Gasteiger partial charge in [0.25, 0.3) is 0 Å². The van der Waals surface area contributed by atoms with Crippen LogP contribution in [-0.2, 0) is 16.2 Å². The highest BCUT2D eigenvalue weighted by Crippen LogP contribution is 2.39. The lowest BCUT2D eigenvalue weighted by Gasteiger charge is -2.25. The Bertz CT molecular complexity index is 1360. The number of carboxylic acid groups (broad SMARTS) is 1. The number of allylic oxidation sites excluding steroid dienone is 4. The molecule has 1 aromatic heterocycles. The minimum Gasteiger partial charge on any atom is -0.527 e. The van der Waals surface area contributed by atoms with Gasteiger partial charge in [-0.25, -0.2) is 10.1 Å². The molecule has 0 aliphatic carbocycles. The van der Waals surface area contributed by atoms with Gasteiger partial charge in [-0.1, -0.05) is 42.0 Å². The zero-order valence-electron chi connectivity index (χ0n) is 19.5. The first-order chi connectivity index (χ1) is 17.0. The standard InChI is InChI=1S/C28H26N2O5/c1-3-30-18-17-22(23-11-4-5-12-24(23)30)20(9-8-10-21(19-34-33)28(31)32)15-16-27-29(2)25-13-6-7-14-26(25)35-27/h4-19,33H,3H2,1-2H3,(H,31,32)/b10-8+,16-15+,20-9-,21-19-. The van der Waals surface area contributed by atoms with Gasteiger partial charge in [0.1, 0.15) is 18.6 Å². The first kappa shape index (κ1) is 23.7. The van der Waals surface area contributed by atoms with E-state index in [-0.39, 0.29) is 5.57 Å². The van der Waals surface area contributed by atoms with E-state index in [0.29, 0.717) is 6.23 Å². The molecule has 35 heavy (non-hydrogen) atoms. The van der Waals surface area contributed by atoms with Crippen LogP contribution in [-0.4, -0.2) is 23.4 Å². The largest absolute Gasteiger partial charge is 0.527 e. The summed E-state index contributed by atoms with van der Waals surface area (Å²) in [5.41, 5.74) is 3.69. The van der Waals surface area contributed by atoms with Gasteiger partial charge in [-0.05, 0) is 43.8 Å². The maximum absolute atomic E-state index is 11.4. The molecular weight excluding hydrogens is 444 g/mol. The van der Waals surface area contributed by atoms with Crippen LogP contribution < -0.4 is 14.2 Å².